The van der Waals surface area contributed by atoms with Crippen molar-refractivity contribution in [2.45, 2.75) is 19.0 Å². The normalized spacial score (nSPS) is 19.2. The number of halogens is 1. The van der Waals surface area contributed by atoms with Gasteiger partial charge in [0.15, 0.2) is 5.11 Å². The summed E-state index contributed by atoms with van der Waals surface area (Å²) in [6.07, 6.45) is 1.78. The van der Waals surface area contributed by atoms with E-state index < -0.39 is 0 Å². The summed E-state index contributed by atoms with van der Waals surface area (Å²) in [6, 6.07) is 15.0. The van der Waals surface area contributed by atoms with Crippen LogP contribution in [-0.4, -0.2) is 17.2 Å². The van der Waals surface area contributed by atoms with Gasteiger partial charge in [-0.1, -0.05) is 17.7 Å². The largest absolute Gasteiger partial charge is 0.495 e. The summed E-state index contributed by atoms with van der Waals surface area (Å²) in [5.41, 5.74) is 1.75. The van der Waals surface area contributed by atoms with Crippen LogP contribution in [0.1, 0.15) is 29.3 Å². The number of furan rings is 1. The molecule has 2 aromatic heterocycles. The Morgan fingerprint density at radius 2 is 2.07 bits per heavy atom. The zero-order valence-corrected chi connectivity index (χ0v) is 16.4. The van der Waals surface area contributed by atoms with Crippen molar-refractivity contribution < 1.29 is 9.15 Å². The average molecular weight is 400 g/mol. The molecule has 0 radical (unpaired) electrons. The second-order valence-electron chi connectivity index (χ2n) is 6.26. The highest BCUT2D eigenvalue weighted by Crippen LogP contribution is 2.43. The summed E-state index contributed by atoms with van der Waals surface area (Å²) in [5, 5.41) is 4.50. The Morgan fingerprint density at radius 3 is 2.70 bits per heavy atom. The smallest absolute Gasteiger partial charge is 0.174 e. The Balaban J connectivity index is 1.81. The van der Waals surface area contributed by atoms with Gasteiger partial charge in [-0.15, -0.1) is 0 Å². The van der Waals surface area contributed by atoms with E-state index in [9.17, 15) is 0 Å². The molecule has 7 heteroatoms. The lowest BCUT2D eigenvalue weighted by atomic mass is 10.0. The number of hydrogen-bond acceptors (Lipinski definition) is 4. The van der Waals surface area contributed by atoms with Gasteiger partial charge in [-0.2, -0.15) is 0 Å². The molecule has 0 amide bonds. The average Bonchev–Trinajstić information content (AvgIpc) is 3.25. The van der Waals surface area contributed by atoms with Crippen LogP contribution in [0.4, 0.5) is 5.69 Å². The molecule has 1 aliphatic rings. The molecular formula is C20H18ClN3O2S. The Kier molecular flexibility index (Phi) is 4.76. The van der Waals surface area contributed by atoms with Gasteiger partial charge in [0.25, 0.3) is 0 Å². The number of methoxy groups -OCH3 is 1. The van der Waals surface area contributed by atoms with E-state index in [4.69, 9.17) is 33.0 Å². The number of anilines is 1. The highest BCUT2D eigenvalue weighted by molar-refractivity contribution is 7.80. The van der Waals surface area contributed by atoms with E-state index in [0.29, 0.717) is 15.9 Å². The molecule has 1 saturated heterocycles. The van der Waals surface area contributed by atoms with E-state index >= 15 is 0 Å². The van der Waals surface area contributed by atoms with E-state index in [1.54, 1.807) is 13.3 Å². The fourth-order valence-electron chi connectivity index (χ4n) is 3.34. The van der Waals surface area contributed by atoms with Crippen LogP contribution in [0.25, 0.3) is 0 Å². The number of nitrogens with one attached hydrogen (secondary N) is 1. The molecule has 138 valence electrons. The Bertz CT molecular complexity index is 976. The topological polar surface area (TPSA) is 50.5 Å². The minimum atomic E-state index is -0.189. The van der Waals surface area contributed by atoms with E-state index in [-0.39, 0.29) is 12.1 Å². The molecule has 3 aromatic rings. The predicted octanol–water partition coefficient (Wildman–Crippen LogP) is 4.82. The maximum absolute atomic E-state index is 6.36. The molecule has 4 rings (SSSR count). The molecule has 5 nitrogen and oxygen atoms in total. The first-order valence-electron chi connectivity index (χ1n) is 8.49. The van der Waals surface area contributed by atoms with E-state index in [1.165, 1.54) is 0 Å². The molecule has 3 heterocycles. The first kappa shape index (κ1) is 17.8. The summed E-state index contributed by atoms with van der Waals surface area (Å²) < 4.78 is 11.2. The number of nitrogens with zero attached hydrogens (tertiary/aromatic N) is 2. The lowest BCUT2D eigenvalue weighted by Crippen LogP contribution is -2.29. The van der Waals surface area contributed by atoms with Crippen LogP contribution in [0.3, 0.4) is 0 Å². The van der Waals surface area contributed by atoms with Crippen molar-refractivity contribution in [2.24, 2.45) is 0 Å². The minimum Gasteiger partial charge on any atom is -0.495 e. The van der Waals surface area contributed by atoms with Crippen LogP contribution in [0.2, 0.25) is 5.02 Å². The lowest BCUT2D eigenvalue weighted by Gasteiger charge is -2.26. The maximum Gasteiger partial charge on any atom is 0.174 e. The Morgan fingerprint density at radius 1 is 1.22 bits per heavy atom. The molecule has 0 bridgehead atoms. The third-order valence-corrected chi connectivity index (χ3v) is 5.17. The van der Waals surface area contributed by atoms with Gasteiger partial charge in [0, 0.05) is 11.9 Å². The van der Waals surface area contributed by atoms with Crippen LogP contribution < -0.4 is 15.0 Å². The number of aromatic nitrogens is 1. The van der Waals surface area contributed by atoms with Gasteiger partial charge in [0.1, 0.15) is 23.3 Å². The monoisotopic (exact) mass is 399 g/mol. The van der Waals surface area contributed by atoms with E-state index in [1.807, 2.05) is 60.4 Å². The summed E-state index contributed by atoms with van der Waals surface area (Å²) in [7, 11) is 1.59. The molecule has 1 aromatic carbocycles. The first-order chi connectivity index (χ1) is 13.1. The Labute approximate surface area is 167 Å². The van der Waals surface area contributed by atoms with Crippen molar-refractivity contribution in [3.8, 4) is 5.75 Å². The first-order valence-corrected chi connectivity index (χ1v) is 9.27. The van der Waals surface area contributed by atoms with Crippen molar-refractivity contribution in [1.29, 1.82) is 0 Å². The molecule has 0 aliphatic carbocycles. The molecule has 0 spiro atoms. The third kappa shape index (κ3) is 3.26. The van der Waals surface area contributed by atoms with E-state index in [2.05, 4.69) is 10.3 Å². The van der Waals surface area contributed by atoms with E-state index in [0.717, 1.165) is 22.9 Å². The fourth-order valence-corrected chi connectivity index (χ4v) is 3.94. The number of benzene rings is 1. The van der Waals surface area contributed by atoms with Gasteiger partial charge in [0.05, 0.1) is 23.9 Å². The zero-order valence-electron chi connectivity index (χ0n) is 14.8. The van der Waals surface area contributed by atoms with Gasteiger partial charge in [0.2, 0.25) is 0 Å². The van der Waals surface area contributed by atoms with Crippen molar-refractivity contribution in [1.82, 2.24) is 10.3 Å². The molecule has 2 atom stereocenters. The number of hydrogen-bond donors (Lipinski definition) is 1. The van der Waals surface area contributed by atoms with Crippen molar-refractivity contribution in [3.63, 3.8) is 0 Å². The highest BCUT2D eigenvalue weighted by atomic mass is 35.5. The standard InChI is InChI=1S/C20H18ClN3O2S/c1-12-6-8-17(26-12)19-18(15-5-3-4-10-22-15)23-20(27)24(19)13-7-9-16(25-2)14(21)11-13/h3-11,18-19H,1-2H3,(H,23,27). The summed E-state index contributed by atoms with van der Waals surface area (Å²) in [5.74, 6) is 2.27. The van der Waals surface area contributed by atoms with Crippen molar-refractivity contribution >= 4 is 34.6 Å². The predicted molar refractivity (Wildman–Crippen MR) is 109 cm³/mol. The van der Waals surface area contributed by atoms with Crippen LogP contribution in [0.5, 0.6) is 5.75 Å². The van der Waals surface area contributed by atoms with Gasteiger partial charge in [-0.3, -0.25) is 4.98 Å². The quantitative estimate of drug-likeness (QED) is 0.634. The molecular weight excluding hydrogens is 382 g/mol. The Hall–Kier alpha value is -2.57. The summed E-state index contributed by atoms with van der Waals surface area (Å²) >= 11 is 12.0. The summed E-state index contributed by atoms with van der Waals surface area (Å²) in [4.78, 5) is 6.53. The molecule has 1 N–H and O–H groups in total. The SMILES string of the molecule is COc1ccc(N2C(=S)NC(c3ccccn3)C2c2ccc(C)o2)cc1Cl. The van der Waals surface area contributed by atoms with Gasteiger partial charge < -0.3 is 19.4 Å². The van der Waals surface area contributed by atoms with Crippen molar-refractivity contribution in [2.75, 3.05) is 12.0 Å². The van der Waals surface area contributed by atoms with Crippen LogP contribution in [0, 0.1) is 6.92 Å². The number of thiocarbonyl (C=S) groups is 1. The van der Waals surface area contributed by atoms with Crippen LogP contribution in [0.15, 0.2) is 59.1 Å². The number of ether oxygens (including phenoxy) is 1. The molecule has 0 saturated carbocycles. The second-order valence-corrected chi connectivity index (χ2v) is 7.06. The number of aryl methyl sites for hydroxylation is 1. The second kappa shape index (κ2) is 7.21. The number of rotatable bonds is 4. The number of pyridine rings is 1. The minimum absolute atomic E-state index is 0.148. The van der Waals surface area contributed by atoms with Crippen molar-refractivity contribution in [3.05, 3.63) is 77.0 Å². The lowest BCUT2D eigenvalue weighted by molar-refractivity contribution is 0.414. The summed E-state index contributed by atoms with van der Waals surface area (Å²) in [6.45, 7) is 1.93. The maximum atomic E-state index is 6.36. The zero-order chi connectivity index (χ0) is 19.0. The molecule has 1 fully saturated rings. The highest BCUT2D eigenvalue weighted by Gasteiger charge is 2.42. The molecule has 2 unspecified atom stereocenters. The van der Waals surface area contributed by atoms with Crippen LogP contribution in [-0.2, 0) is 0 Å². The van der Waals surface area contributed by atoms with Gasteiger partial charge in [-0.05, 0) is 61.6 Å². The van der Waals surface area contributed by atoms with Gasteiger partial charge in [-0.25, -0.2) is 0 Å². The molecule has 27 heavy (non-hydrogen) atoms. The van der Waals surface area contributed by atoms with Gasteiger partial charge >= 0.3 is 0 Å². The van der Waals surface area contributed by atoms with Crippen LogP contribution >= 0.6 is 23.8 Å². The fraction of sp³-hybridized carbons (Fsp3) is 0.200. The molecule has 1 aliphatic heterocycles. The third-order valence-electron chi connectivity index (χ3n) is 4.56.